The molecule has 1 rings (SSSR count). The van der Waals surface area contributed by atoms with Crippen LogP contribution in [-0.2, 0) is 6.54 Å². The van der Waals surface area contributed by atoms with E-state index in [1.54, 1.807) is 12.1 Å². The quantitative estimate of drug-likeness (QED) is 0.760. The van der Waals surface area contributed by atoms with E-state index in [2.05, 4.69) is 0 Å². The Kier molecular flexibility index (Phi) is 7.30. The Balaban J connectivity index is 2.66. The molecular formula is C12H16Cl3NO2. The van der Waals surface area contributed by atoms with Gasteiger partial charge in [0.25, 0.3) is 0 Å². The summed E-state index contributed by atoms with van der Waals surface area (Å²) in [5, 5.41) is 19.5. The summed E-state index contributed by atoms with van der Waals surface area (Å²) in [7, 11) is 0. The van der Waals surface area contributed by atoms with Crippen LogP contribution in [-0.4, -0.2) is 46.8 Å². The summed E-state index contributed by atoms with van der Waals surface area (Å²) >= 11 is 17.3. The summed E-state index contributed by atoms with van der Waals surface area (Å²) in [6.07, 6.45) is -0.610. The number of aliphatic hydroxyl groups excluding tert-OH is 2. The number of halogens is 3. The van der Waals surface area contributed by atoms with Crippen LogP contribution in [0.4, 0.5) is 0 Å². The summed E-state index contributed by atoms with van der Waals surface area (Å²) in [6, 6.07) is 5.38. The summed E-state index contributed by atoms with van der Waals surface area (Å²) < 4.78 is 0. The van der Waals surface area contributed by atoms with Gasteiger partial charge in [-0.2, -0.15) is 0 Å². The third kappa shape index (κ3) is 5.31. The van der Waals surface area contributed by atoms with Crippen LogP contribution in [0.1, 0.15) is 5.56 Å². The van der Waals surface area contributed by atoms with Crippen molar-refractivity contribution in [2.75, 3.05) is 25.6 Å². The van der Waals surface area contributed by atoms with Gasteiger partial charge in [-0.25, -0.2) is 0 Å². The fourth-order valence-electron chi connectivity index (χ4n) is 1.62. The minimum absolute atomic E-state index is 0.0241. The molecule has 0 heterocycles. The largest absolute Gasteiger partial charge is 0.395 e. The van der Waals surface area contributed by atoms with Crippen molar-refractivity contribution in [3.8, 4) is 0 Å². The molecule has 0 aliphatic heterocycles. The highest BCUT2D eigenvalue weighted by Crippen LogP contribution is 2.23. The zero-order valence-corrected chi connectivity index (χ0v) is 12.1. The van der Waals surface area contributed by atoms with E-state index in [1.165, 1.54) is 0 Å². The molecule has 0 saturated carbocycles. The second-order valence-corrected chi connectivity index (χ2v) is 5.14. The van der Waals surface area contributed by atoms with Crippen LogP contribution < -0.4 is 0 Å². The maximum atomic E-state index is 9.53. The van der Waals surface area contributed by atoms with Gasteiger partial charge in [0, 0.05) is 25.5 Å². The molecule has 0 saturated heterocycles. The average molecular weight is 313 g/mol. The van der Waals surface area contributed by atoms with Crippen LogP contribution in [0.5, 0.6) is 0 Å². The lowest BCUT2D eigenvalue weighted by atomic mass is 10.2. The van der Waals surface area contributed by atoms with Gasteiger partial charge in [0.1, 0.15) is 0 Å². The molecule has 0 fully saturated rings. The number of benzene rings is 1. The van der Waals surface area contributed by atoms with Gasteiger partial charge in [0.15, 0.2) is 0 Å². The zero-order valence-electron chi connectivity index (χ0n) is 9.82. The van der Waals surface area contributed by atoms with E-state index in [4.69, 9.17) is 39.9 Å². The van der Waals surface area contributed by atoms with Crippen molar-refractivity contribution in [2.45, 2.75) is 12.6 Å². The number of aliphatic hydroxyl groups is 2. The highest BCUT2D eigenvalue weighted by molar-refractivity contribution is 6.42. The molecule has 2 N–H and O–H groups in total. The minimum Gasteiger partial charge on any atom is -0.395 e. The van der Waals surface area contributed by atoms with Crippen molar-refractivity contribution in [3.63, 3.8) is 0 Å². The summed E-state index contributed by atoms with van der Waals surface area (Å²) in [5.41, 5.74) is 0.972. The first-order valence-electron chi connectivity index (χ1n) is 5.58. The molecule has 0 amide bonds. The van der Waals surface area contributed by atoms with Crippen molar-refractivity contribution < 1.29 is 10.2 Å². The minimum atomic E-state index is -0.610. The van der Waals surface area contributed by atoms with Gasteiger partial charge in [0.2, 0.25) is 0 Å². The SMILES string of the molecule is OCCN(Cc1ccc(Cl)c(Cl)c1)C[C@@H](O)CCl. The van der Waals surface area contributed by atoms with Crippen molar-refractivity contribution in [3.05, 3.63) is 33.8 Å². The fourth-order valence-corrected chi connectivity index (χ4v) is 2.04. The predicted molar refractivity (Wildman–Crippen MR) is 75.6 cm³/mol. The third-order valence-electron chi connectivity index (χ3n) is 2.45. The molecule has 0 spiro atoms. The Morgan fingerprint density at radius 3 is 2.50 bits per heavy atom. The standard InChI is InChI=1S/C12H16Cl3NO2/c13-6-10(18)8-16(3-4-17)7-9-1-2-11(14)12(15)5-9/h1-2,5,10,17-18H,3-4,6-8H2/t10-/m0/s1. The second-order valence-electron chi connectivity index (χ2n) is 4.02. The van der Waals surface area contributed by atoms with E-state index in [0.29, 0.717) is 29.7 Å². The Morgan fingerprint density at radius 2 is 1.94 bits per heavy atom. The molecule has 1 aromatic rings. The van der Waals surface area contributed by atoms with Gasteiger partial charge < -0.3 is 10.2 Å². The van der Waals surface area contributed by atoms with E-state index in [9.17, 15) is 5.11 Å². The number of alkyl halides is 1. The molecular weight excluding hydrogens is 296 g/mol. The second kappa shape index (κ2) is 8.20. The number of hydrogen-bond donors (Lipinski definition) is 2. The molecule has 0 aliphatic carbocycles. The molecule has 6 heteroatoms. The van der Waals surface area contributed by atoms with Crippen molar-refractivity contribution in [1.82, 2.24) is 4.90 Å². The van der Waals surface area contributed by atoms with Crippen LogP contribution in [0, 0.1) is 0 Å². The van der Waals surface area contributed by atoms with Gasteiger partial charge in [0.05, 0.1) is 22.8 Å². The molecule has 1 atom stereocenters. The Bertz CT molecular complexity index is 376. The molecule has 102 valence electrons. The summed E-state index contributed by atoms with van der Waals surface area (Å²) in [5.74, 6) is 0.170. The van der Waals surface area contributed by atoms with Crippen molar-refractivity contribution >= 4 is 34.8 Å². The smallest absolute Gasteiger partial charge is 0.0802 e. The van der Waals surface area contributed by atoms with E-state index < -0.39 is 6.10 Å². The Labute approximate surface area is 122 Å². The number of hydrogen-bond acceptors (Lipinski definition) is 3. The first-order chi connectivity index (χ1) is 8.56. The molecule has 0 bridgehead atoms. The van der Waals surface area contributed by atoms with Gasteiger partial charge in [-0.05, 0) is 17.7 Å². The molecule has 0 radical (unpaired) electrons. The van der Waals surface area contributed by atoms with Gasteiger partial charge in [-0.3, -0.25) is 4.90 Å². The highest BCUT2D eigenvalue weighted by Gasteiger charge is 2.11. The van der Waals surface area contributed by atoms with Crippen molar-refractivity contribution in [2.24, 2.45) is 0 Å². The van der Waals surface area contributed by atoms with Gasteiger partial charge in [-0.1, -0.05) is 29.3 Å². The maximum absolute atomic E-state index is 9.53. The average Bonchev–Trinajstić information content (AvgIpc) is 2.34. The third-order valence-corrected chi connectivity index (χ3v) is 3.55. The fraction of sp³-hybridized carbons (Fsp3) is 0.500. The maximum Gasteiger partial charge on any atom is 0.0802 e. The highest BCUT2D eigenvalue weighted by atomic mass is 35.5. The first-order valence-corrected chi connectivity index (χ1v) is 6.87. The lowest BCUT2D eigenvalue weighted by Gasteiger charge is -2.23. The molecule has 3 nitrogen and oxygen atoms in total. The first kappa shape index (κ1) is 16.0. The van der Waals surface area contributed by atoms with Crippen LogP contribution in [0.15, 0.2) is 18.2 Å². The van der Waals surface area contributed by atoms with E-state index in [1.807, 2.05) is 11.0 Å². The van der Waals surface area contributed by atoms with Crippen molar-refractivity contribution in [1.29, 1.82) is 0 Å². The van der Waals surface area contributed by atoms with E-state index in [-0.39, 0.29) is 12.5 Å². The lowest BCUT2D eigenvalue weighted by Crippen LogP contribution is -2.35. The molecule has 0 unspecified atom stereocenters. The Hall–Kier alpha value is -0.0300. The topological polar surface area (TPSA) is 43.7 Å². The number of rotatable bonds is 7. The Morgan fingerprint density at radius 1 is 1.22 bits per heavy atom. The lowest BCUT2D eigenvalue weighted by molar-refractivity contribution is 0.109. The van der Waals surface area contributed by atoms with Crippen LogP contribution >= 0.6 is 34.8 Å². The predicted octanol–water partition coefficient (Wildman–Crippen LogP) is 2.39. The molecule has 18 heavy (non-hydrogen) atoms. The van der Waals surface area contributed by atoms with E-state index in [0.717, 1.165) is 5.56 Å². The summed E-state index contributed by atoms with van der Waals surface area (Å²) in [4.78, 5) is 1.91. The monoisotopic (exact) mass is 311 g/mol. The van der Waals surface area contributed by atoms with Gasteiger partial charge >= 0.3 is 0 Å². The molecule has 1 aromatic carbocycles. The van der Waals surface area contributed by atoms with Crippen LogP contribution in [0.2, 0.25) is 10.0 Å². The summed E-state index contributed by atoms with van der Waals surface area (Å²) in [6.45, 7) is 1.47. The number of nitrogens with zero attached hydrogens (tertiary/aromatic N) is 1. The molecule has 0 aromatic heterocycles. The normalized spacial score (nSPS) is 13.0. The van der Waals surface area contributed by atoms with E-state index >= 15 is 0 Å². The van der Waals surface area contributed by atoms with Gasteiger partial charge in [-0.15, -0.1) is 11.6 Å². The zero-order chi connectivity index (χ0) is 13.5. The van der Waals surface area contributed by atoms with Crippen LogP contribution in [0.25, 0.3) is 0 Å². The molecule has 0 aliphatic rings. The van der Waals surface area contributed by atoms with Crippen LogP contribution in [0.3, 0.4) is 0 Å².